The summed E-state index contributed by atoms with van der Waals surface area (Å²) in [5.74, 6) is -0.243. The first-order chi connectivity index (χ1) is 8.73. The van der Waals surface area contributed by atoms with Crippen LogP contribution in [-0.2, 0) is 9.47 Å². The normalized spacial score (nSPS) is 10.8. The van der Waals surface area contributed by atoms with Gasteiger partial charge in [-0.1, -0.05) is 0 Å². The highest BCUT2D eigenvalue weighted by Gasteiger charge is 2.17. The van der Waals surface area contributed by atoms with Crippen LogP contribution in [0.5, 0.6) is 0 Å². The molecule has 6 nitrogen and oxygen atoms in total. The van der Waals surface area contributed by atoms with E-state index < -0.39 is 17.7 Å². The molecule has 104 valence electrons. The van der Waals surface area contributed by atoms with Crippen LogP contribution in [0.15, 0.2) is 12.3 Å². The number of carbonyl (C=O) groups excluding carboxylic acids is 2. The summed E-state index contributed by atoms with van der Waals surface area (Å²) in [7, 11) is 1.29. The molecule has 19 heavy (non-hydrogen) atoms. The Hall–Kier alpha value is -2.11. The largest absolute Gasteiger partial charge is 0.465 e. The number of amides is 1. The third-order valence-electron chi connectivity index (χ3n) is 2.14. The molecule has 0 atom stereocenters. The van der Waals surface area contributed by atoms with Crippen LogP contribution in [0, 0.1) is 6.92 Å². The molecule has 1 aromatic heterocycles. The summed E-state index contributed by atoms with van der Waals surface area (Å²) < 4.78 is 9.74. The summed E-state index contributed by atoms with van der Waals surface area (Å²) in [6, 6.07) is 1.45. The molecular weight excluding hydrogens is 248 g/mol. The Morgan fingerprint density at radius 2 is 1.95 bits per heavy atom. The third-order valence-corrected chi connectivity index (χ3v) is 2.14. The minimum Gasteiger partial charge on any atom is -0.465 e. The quantitative estimate of drug-likeness (QED) is 0.832. The van der Waals surface area contributed by atoms with Gasteiger partial charge in [0.15, 0.2) is 0 Å². The summed E-state index contributed by atoms with van der Waals surface area (Å²) in [6.07, 6.45) is 0.860. The number of aryl methyl sites for hydroxylation is 1. The van der Waals surface area contributed by atoms with E-state index in [9.17, 15) is 9.59 Å². The maximum Gasteiger partial charge on any atom is 0.413 e. The zero-order valence-corrected chi connectivity index (χ0v) is 11.7. The van der Waals surface area contributed by atoms with Crippen molar-refractivity contribution < 1.29 is 19.1 Å². The molecule has 1 heterocycles. The molecular formula is C13H18N2O4. The molecule has 1 amide bonds. The Bertz CT molecular complexity index is 492. The highest BCUT2D eigenvalue weighted by molar-refractivity contribution is 5.93. The van der Waals surface area contributed by atoms with E-state index in [0.29, 0.717) is 11.1 Å². The van der Waals surface area contributed by atoms with Crippen LogP contribution in [0.4, 0.5) is 10.6 Å². The second-order valence-corrected chi connectivity index (χ2v) is 5.00. The Kier molecular flexibility index (Phi) is 4.47. The second-order valence-electron chi connectivity index (χ2n) is 5.00. The minimum atomic E-state index is -0.625. The number of hydrogen-bond donors (Lipinski definition) is 1. The van der Waals surface area contributed by atoms with Crippen LogP contribution in [0.25, 0.3) is 0 Å². The van der Waals surface area contributed by atoms with Gasteiger partial charge < -0.3 is 9.47 Å². The number of nitrogens with zero attached hydrogens (tertiary/aromatic N) is 1. The number of rotatable bonds is 2. The van der Waals surface area contributed by atoms with Gasteiger partial charge >= 0.3 is 12.1 Å². The van der Waals surface area contributed by atoms with Crippen LogP contribution in [-0.4, -0.2) is 29.8 Å². The van der Waals surface area contributed by atoms with Gasteiger partial charge in [0.2, 0.25) is 0 Å². The van der Waals surface area contributed by atoms with E-state index in [1.165, 1.54) is 19.4 Å². The van der Waals surface area contributed by atoms with Crippen LogP contribution in [0.1, 0.15) is 36.7 Å². The van der Waals surface area contributed by atoms with Gasteiger partial charge in [-0.15, -0.1) is 0 Å². The van der Waals surface area contributed by atoms with Crippen molar-refractivity contribution in [2.24, 2.45) is 0 Å². The molecule has 0 aliphatic rings. The third kappa shape index (κ3) is 4.57. The fourth-order valence-electron chi connectivity index (χ4n) is 1.33. The number of aromatic nitrogens is 1. The highest BCUT2D eigenvalue weighted by atomic mass is 16.6. The maximum absolute atomic E-state index is 11.6. The van der Waals surface area contributed by atoms with Crippen molar-refractivity contribution in [3.05, 3.63) is 23.4 Å². The van der Waals surface area contributed by atoms with Crippen molar-refractivity contribution in [2.75, 3.05) is 12.4 Å². The predicted molar refractivity (Wildman–Crippen MR) is 70.2 cm³/mol. The van der Waals surface area contributed by atoms with Gasteiger partial charge in [0, 0.05) is 6.20 Å². The topological polar surface area (TPSA) is 77.5 Å². The molecule has 0 saturated heterocycles. The molecule has 1 N–H and O–H groups in total. The van der Waals surface area contributed by atoms with Crippen molar-refractivity contribution >= 4 is 17.9 Å². The van der Waals surface area contributed by atoms with Crippen molar-refractivity contribution in [3.8, 4) is 0 Å². The van der Waals surface area contributed by atoms with Crippen molar-refractivity contribution in [3.63, 3.8) is 0 Å². The Morgan fingerprint density at radius 3 is 2.47 bits per heavy atom. The zero-order chi connectivity index (χ0) is 14.6. The number of nitrogens with one attached hydrogen (secondary N) is 1. The molecule has 0 saturated carbocycles. The zero-order valence-electron chi connectivity index (χ0n) is 11.7. The first-order valence-electron chi connectivity index (χ1n) is 5.78. The first kappa shape index (κ1) is 14.9. The van der Waals surface area contributed by atoms with E-state index in [1.807, 2.05) is 0 Å². The molecule has 1 rings (SSSR count). The van der Waals surface area contributed by atoms with Crippen molar-refractivity contribution in [2.45, 2.75) is 33.3 Å². The fourth-order valence-corrected chi connectivity index (χ4v) is 1.33. The summed E-state index contributed by atoms with van der Waals surface area (Å²) in [5, 5.41) is 2.46. The van der Waals surface area contributed by atoms with Crippen LogP contribution in [0.2, 0.25) is 0 Å². The van der Waals surface area contributed by atoms with Gasteiger partial charge in [0.1, 0.15) is 11.4 Å². The Labute approximate surface area is 112 Å². The van der Waals surface area contributed by atoms with Crippen LogP contribution < -0.4 is 5.32 Å². The van der Waals surface area contributed by atoms with E-state index in [4.69, 9.17) is 4.74 Å². The lowest BCUT2D eigenvalue weighted by molar-refractivity contribution is 0.0595. The predicted octanol–water partition coefficient (Wildman–Crippen LogP) is 2.52. The van der Waals surface area contributed by atoms with E-state index >= 15 is 0 Å². The molecule has 0 aliphatic carbocycles. The average Bonchev–Trinajstić information content (AvgIpc) is 2.28. The Morgan fingerprint density at radius 1 is 1.32 bits per heavy atom. The number of carbonyl (C=O) groups is 2. The summed E-state index contributed by atoms with van der Waals surface area (Å²) in [6.45, 7) is 7.01. The lowest BCUT2D eigenvalue weighted by atomic mass is 10.1. The number of esters is 1. The van der Waals surface area contributed by atoms with Gasteiger partial charge in [-0.3, -0.25) is 5.32 Å². The number of methoxy groups -OCH3 is 1. The highest BCUT2D eigenvalue weighted by Crippen LogP contribution is 2.14. The van der Waals surface area contributed by atoms with E-state index in [1.54, 1.807) is 27.7 Å². The summed E-state index contributed by atoms with van der Waals surface area (Å²) in [5.41, 5.74) is 0.421. The molecule has 0 radical (unpaired) electrons. The SMILES string of the molecule is COC(=O)c1cc(NC(=O)OC(C)(C)C)ncc1C. The number of anilines is 1. The summed E-state index contributed by atoms with van der Waals surface area (Å²) >= 11 is 0. The summed E-state index contributed by atoms with van der Waals surface area (Å²) in [4.78, 5) is 27.1. The standard InChI is InChI=1S/C13H18N2O4/c1-8-7-14-10(6-9(8)11(16)18-5)15-12(17)19-13(2,3)4/h6-7H,1-5H3,(H,14,15,17). The van der Waals surface area contributed by atoms with Gasteiger partial charge in [-0.2, -0.15) is 0 Å². The van der Waals surface area contributed by atoms with Crippen molar-refractivity contribution in [1.82, 2.24) is 4.98 Å². The van der Waals surface area contributed by atoms with E-state index in [2.05, 4.69) is 15.0 Å². The van der Waals surface area contributed by atoms with Gasteiger partial charge in [0.05, 0.1) is 12.7 Å². The molecule has 0 spiro atoms. The molecule has 0 aliphatic heterocycles. The lowest BCUT2D eigenvalue weighted by Crippen LogP contribution is -2.27. The molecule has 0 unspecified atom stereocenters. The molecule has 1 aromatic rings. The minimum absolute atomic E-state index is 0.236. The van der Waals surface area contributed by atoms with Gasteiger partial charge in [0.25, 0.3) is 0 Å². The van der Waals surface area contributed by atoms with Gasteiger partial charge in [-0.25, -0.2) is 14.6 Å². The molecule has 0 bridgehead atoms. The smallest absolute Gasteiger partial charge is 0.413 e. The number of ether oxygens (including phenoxy) is 2. The molecule has 0 aromatic carbocycles. The number of pyridine rings is 1. The second kappa shape index (κ2) is 5.69. The number of hydrogen-bond acceptors (Lipinski definition) is 5. The Balaban J connectivity index is 2.86. The van der Waals surface area contributed by atoms with E-state index in [-0.39, 0.29) is 5.82 Å². The fraction of sp³-hybridized carbons (Fsp3) is 0.462. The van der Waals surface area contributed by atoms with E-state index in [0.717, 1.165) is 0 Å². The van der Waals surface area contributed by atoms with Crippen molar-refractivity contribution in [1.29, 1.82) is 0 Å². The monoisotopic (exact) mass is 266 g/mol. The average molecular weight is 266 g/mol. The maximum atomic E-state index is 11.6. The van der Waals surface area contributed by atoms with Gasteiger partial charge in [-0.05, 0) is 39.3 Å². The molecule has 0 fully saturated rings. The first-order valence-corrected chi connectivity index (χ1v) is 5.78. The van der Waals surface area contributed by atoms with Crippen LogP contribution in [0.3, 0.4) is 0 Å². The lowest BCUT2D eigenvalue weighted by Gasteiger charge is -2.19. The van der Waals surface area contributed by atoms with Crippen LogP contribution >= 0.6 is 0 Å². The molecule has 6 heteroatoms.